The van der Waals surface area contributed by atoms with E-state index in [4.69, 9.17) is 9.99 Å². The summed E-state index contributed by atoms with van der Waals surface area (Å²) >= 11 is 0. The number of hydrogen-bond donors (Lipinski definition) is 1. The molecule has 4 heteroatoms. The molecule has 2 aromatic carbocycles. The molecule has 0 aliphatic heterocycles. The maximum atomic E-state index is 11.0. The van der Waals surface area contributed by atoms with Gasteiger partial charge >= 0.3 is 5.97 Å². The maximum Gasteiger partial charge on any atom is 0.378 e. The highest BCUT2D eigenvalue weighted by molar-refractivity contribution is 5.80. The lowest BCUT2D eigenvalue weighted by atomic mass is 10.1. The van der Waals surface area contributed by atoms with Crippen molar-refractivity contribution in [2.24, 2.45) is 0 Å². The van der Waals surface area contributed by atoms with Gasteiger partial charge in [-0.05, 0) is 18.6 Å². The van der Waals surface area contributed by atoms with E-state index in [0.29, 0.717) is 5.75 Å². The Balaban J connectivity index is 0.000000677. The van der Waals surface area contributed by atoms with Gasteiger partial charge in [-0.2, -0.15) is 0 Å². The van der Waals surface area contributed by atoms with Gasteiger partial charge in [-0.3, -0.25) is 4.89 Å². The average molecular weight is 286 g/mol. The minimum atomic E-state index is -0.627. The summed E-state index contributed by atoms with van der Waals surface area (Å²) in [4.78, 5) is 20.6. The Morgan fingerprint density at radius 2 is 1.71 bits per heavy atom. The number of benzene rings is 2. The van der Waals surface area contributed by atoms with Crippen molar-refractivity contribution in [3.05, 3.63) is 67.3 Å². The largest absolute Gasteiger partial charge is 0.397 e. The fourth-order valence-electron chi connectivity index (χ4n) is 1.52. The Labute approximate surface area is 124 Å². The summed E-state index contributed by atoms with van der Waals surface area (Å²) in [6.07, 6.45) is 1.05. The number of aliphatic hydroxyl groups excluding tert-OH is 1. The van der Waals surface area contributed by atoms with Crippen molar-refractivity contribution < 1.29 is 19.7 Å². The standard InChI is InChI=1S/C15H12O3.C2H6O/c1-2-15(16)18-17-14-11-7-6-10-13(14)12-8-4-3-5-9-12;1-2-3/h2-11H,1H2;3H,2H2,1H3. The Hall–Kier alpha value is -2.59. The molecule has 2 aromatic rings. The third-order valence-corrected chi connectivity index (χ3v) is 2.35. The van der Waals surface area contributed by atoms with E-state index in [1.807, 2.05) is 48.5 Å². The molecule has 0 bridgehead atoms. The number of para-hydroxylation sites is 1. The number of rotatable bonds is 4. The summed E-state index contributed by atoms with van der Waals surface area (Å²) in [6, 6.07) is 17.0. The highest BCUT2D eigenvalue weighted by Gasteiger charge is 2.07. The van der Waals surface area contributed by atoms with E-state index in [0.717, 1.165) is 17.2 Å². The van der Waals surface area contributed by atoms with Gasteiger partial charge < -0.3 is 5.11 Å². The second-order valence-corrected chi connectivity index (χ2v) is 3.87. The summed E-state index contributed by atoms with van der Waals surface area (Å²) in [5, 5.41) is 7.57. The second-order valence-electron chi connectivity index (χ2n) is 3.87. The van der Waals surface area contributed by atoms with E-state index in [1.165, 1.54) is 0 Å². The summed E-state index contributed by atoms with van der Waals surface area (Å²) < 4.78 is 0. The Morgan fingerprint density at radius 3 is 2.33 bits per heavy atom. The molecule has 0 atom stereocenters. The van der Waals surface area contributed by atoms with Crippen molar-refractivity contribution in [1.29, 1.82) is 0 Å². The molecule has 1 N–H and O–H groups in total. The number of carbonyl (C=O) groups is 1. The van der Waals surface area contributed by atoms with Gasteiger partial charge in [0.25, 0.3) is 0 Å². The van der Waals surface area contributed by atoms with E-state index < -0.39 is 5.97 Å². The van der Waals surface area contributed by atoms with Crippen LogP contribution in [-0.4, -0.2) is 17.7 Å². The lowest BCUT2D eigenvalue weighted by molar-refractivity contribution is -0.206. The predicted molar refractivity (Wildman–Crippen MR) is 81.6 cm³/mol. The first-order chi connectivity index (χ1) is 10.2. The van der Waals surface area contributed by atoms with Crippen LogP contribution in [0.5, 0.6) is 5.75 Å². The second kappa shape index (κ2) is 9.34. The van der Waals surface area contributed by atoms with Crippen molar-refractivity contribution in [2.45, 2.75) is 6.92 Å². The number of carbonyl (C=O) groups excluding carboxylic acids is 1. The maximum absolute atomic E-state index is 11.0. The lowest BCUT2D eigenvalue weighted by Gasteiger charge is -2.08. The zero-order valence-electron chi connectivity index (χ0n) is 11.9. The molecule has 0 aliphatic rings. The third-order valence-electron chi connectivity index (χ3n) is 2.35. The van der Waals surface area contributed by atoms with Gasteiger partial charge in [0.2, 0.25) is 0 Å². The highest BCUT2D eigenvalue weighted by atomic mass is 17.2. The Bertz CT molecular complexity index is 564. The molecule has 0 unspecified atom stereocenters. The SMILES string of the molecule is C=CC(=O)OOc1ccccc1-c1ccccc1.CCO. The summed E-state index contributed by atoms with van der Waals surface area (Å²) in [5.41, 5.74) is 1.85. The molecule has 2 rings (SSSR count). The molecule has 0 spiro atoms. The predicted octanol–water partition coefficient (Wildman–Crippen LogP) is 3.38. The van der Waals surface area contributed by atoms with Crippen molar-refractivity contribution in [3.8, 4) is 16.9 Å². The van der Waals surface area contributed by atoms with Crippen LogP contribution >= 0.6 is 0 Å². The summed E-state index contributed by atoms with van der Waals surface area (Å²) in [5.74, 6) is -0.142. The quantitative estimate of drug-likeness (QED) is 0.532. The first kappa shape index (κ1) is 16.5. The van der Waals surface area contributed by atoms with Crippen LogP contribution in [-0.2, 0) is 9.68 Å². The first-order valence-electron chi connectivity index (χ1n) is 6.49. The molecule has 4 nitrogen and oxygen atoms in total. The van der Waals surface area contributed by atoms with Crippen LogP contribution in [0.4, 0.5) is 0 Å². The molecule has 0 aliphatic carbocycles. The number of hydrogen-bond acceptors (Lipinski definition) is 4. The average Bonchev–Trinajstić information content (AvgIpc) is 2.54. The smallest absolute Gasteiger partial charge is 0.378 e. The minimum absolute atomic E-state index is 0.250. The van der Waals surface area contributed by atoms with E-state index >= 15 is 0 Å². The van der Waals surface area contributed by atoms with Gasteiger partial charge in [-0.1, -0.05) is 55.1 Å². The van der Waals surface area contributed by atoms with Crippen molar-refractivity contribution >= 4 is 5.97 Å². The van der Waals surface area contributed by atoms with Gasteiger partial charge in [0, 0.05) is 18.2 Å². The molecule has 21 heavy (non-hydrogen) atoms. The third kappa shape index (κ3) is 5.50. The molecule has 0 saturated heterocycles. The van der Waals surface area contributed by atoms with Crippen molar-refractivity contribution in [1.82, 2.24) is 0 Å². The molecule has 0 aromatic heterocycles. The molecular weight excluding hydrogens is 268 g/mol. The molecule has 0 amide bonds. The Kier molecular flexibility index (Phi) is 7.32. The van der Waals surface area contributed by atoms with Crippen molar-refractivity contribution in [3.63, 3.8) is 0 Å². The van der Waals surface area contributed by atoms with Crippen LogP contribution in [0.2, 0.25) is 0 Å². The highest BCUT2D eigenvalue weighted by Crippen LogP contribution is 2.29. The molecular formula is C17H18O4. The van der Waals surface area contributed by atoms with E-state index in [2.05, 4.69) is 11.5 Å². The van der Waals surface area contributed by atoms with Gasteiger partial charge in [-0.15, -0.1) is 0 Å². The van der Waals surface area contributed by atoms with Gasteiger partial charge in [0.15, 0.2) is 5.75 Å². The van der Waals surface area contributed by atoms with Crippen LogP contribution < -0.4 is 4.89 Å². The van der Waals surface area contributed by atoms with Crippen LogP contribution in [0.3, 0.4) is 0 Å². The molecule has 0 radical (unpaired) electrons. The van der Waals surface area contributed by atoms with Crippen molar-refractivity contribution in [2.75, 3.05) is 6.61 Å². The van der Waals surface area contributed by atoms with E-state index in [9.17, 15) is 4.79 Å². The fraction of sp³-hybridized carbons (Fsp3) is 0.118. The van der Waals surface area contributed by atoms with E-state index in [-0.39, 0.29) is 6.61 Å². The van der Waals surface area contributed by atoms with Crippen LogP contribution in [0.25, 0.3) is 11.1 Å². The van der Waals surface area contributed by atoms with Crippen LogP contribution in [0.1, 0.15) is 6.92 Å². The van der Waals surface area contributed by atoms with Crippen LogP contribution in [0, 0.1) is 0 Å². The molecule has 0 fully saturated rings. The zero-order chi connectivity index (χ0) is 15.5. The monoisotopic (exact) mass is 286 g/mol. The molecule has 110 valence electrons. The Morgan fingerprint density at radius 1 is 1.14 bits per heavy atom. The topological polar surface area (TPSA) is 55.8 Å². The fourth-order valence-corrected chi connectivity index (χ4v) is 1.52. The van der Waals surface area contributed by atoms with E-state index in [1.54, 1.807) is 13.0 Å². The summed E-state index contributed by atoms with van der Waals surface area (Å²) in [7, 11) is 0. The van der Waals surface area contributed by atoms with Gasteiger partial charge in [0.05, 0.1) is 0 Å². The first-order valence-corrected chi connectivity index (χ1v) is 6.49. The normalized spacial score (nSPS) is 9.05. The summed E-state index contributed by atoms with van der Waals surface area (Å²) in [6.45, 7) is 5.23. The lowest BCUT2D eigenvalue weighted by Crippen LogP contribution is -2.04. The van der Waals surface area contributed by atoms with Gasteiger partial charge in [-0.25, -0.2) is 9.68 Å². The number of aliphatic hydroxyl groups is 1. The zero-order valence-corrected chi connectivity index (χ0v) is 11.9. The minimum Gasteiger partial charge on any atom is -0.397 e. The molecule has 0 heterocycles. The molecule has 0 saturated carbocycles. The van der Waals surface area contributed by atoms with Crippen LogP contribution in [0.15, 0.2) is 67.3 Å². The van der Waals surface area contributed by atoms with Gasteiger partial charge in [0.1, 0.15) is 0 Å².